The fraction of sp³-hybridized carbons (Fsp3) is 0.333. The van der Waals surface area contributed by atoms with Crippen LogP contribution in [-0.4, -0.2) is 28.9 Å². The normalized spacial score (nSPS) is 10.7. The summed E-state index contributed by atoms with van der Waals surface area (Å²) < 4.78 is 26.5. The van der Waals surface area contributed by atoms with Crippen molar-refractivity contribution in [1.29, 1.82) is 0 Å². The highest BCUT2D eigenvalue weighted by atomic mass is 19.1. The topological polar surface area (TPSA) is 65.4 Å². The molecule has 1 N–H and O–H groups in total. The van der Waals surface area contributed by atoms with Crippen LogP contribution in [0.4, 0.5) is 10.1 Å². The Kier molecular flexibility index (Phi) is 7.28. The molecule has 0 radical (unpaired) electrons. The van der Waals surface area contributed by atoms with Crippen LogP contribution < -0.4 is 14.8 Å². The standard InChI is InChI=1S/C24H28FN3O3/c1-5-30-21-11-10-18(13-22(21)31-6-2)14-23(29)26-24-16(3)27-28(17(24)4)15-19-8-7-9-20(25)12-19/h7-13H,5-6,14-15H2,1-4H3,(H,26,29). The monoisotopic (exact) mass is 425 g/mol. The quantitative estimate of drug-likeness (QED) is 0.541. The molecule has 0 fully saturated rings. The molecule has 1 heterocycles. The molecule has 0 bridgehead atoms. The lowest BCUT2D eigenvalue weighted by atomic mass is 10.1. The molecule has 0 aliphatic rings. The number of nitrogens with one attached hydrogen (secondary N) is 1. The molecule has 6 nitrogen and oxygen atoms in total. The smallest absolute Gasteiger partial charge is 0.228 e. The van der Waals surface area contributed by atoms with Crippen LogP contribution in [0, 0.1) is 19.7 Å². The number of rotatable bonds is 9. The van der Waals surface area contributed by atoms with Crippen molar-refractivity contribution < 1.29 is 18.7 Å². The first-order chi connectivity index (χ1) is 14.9. The molecule has 7 heteroatoms. The summed E-state index contributed by atoms with van der Waals surface area (Å²) in [5.74, 6) is 0.862. The molecule has 0 aliphatic heterocycles. The number of carbonyl (C=O) groups excluding carboxylic acids is 1. The molecule has 0 unspecified atom stereocenters. The van der Waals surface area contributed by atoms with Gasteiger partial charge >= 0.3 is 0 Å². The average molecular weight is 426 g/mol. The third kappa shape index (κ3) is 5.63. The lowest BCUT2D eigenvalue weighted by Gasteiger charge is -2.12. The molecule has 3 rings (SSSR count). The van der Waals surface area contributed by atoms with Gasteiger partial charge in [0.1, 0.15) is 5.82 Å². The zero-order valence-corrected chi connectivity index (χ0v) is 18.4. The van der Waals surface area contributed by atoms with E-state index in [-0.39, 0.29) is 18.1 Å². The third-order valence-electron chi connectivity index (χ3n) is 4.84. The number of benzene rings is 2. The molecule has 1 amide bonds. The highest BCUT2D eigenvalue weighted by Crippen LogP contribution is 2.29. The Bertz CT molecular complexity index is 1060. The van der Waals surface area contributed by atoms with Gasteiger partial charge in [0, 0.05) is 0 Å². The predicted octanol–water partition coefficient (Wildman–Crippen LogP) is 4.67. The molecule has 164 valence electrons. The van der Waals surface area contributed by atoms with Crippen molar-refractivity contribution in [3.05, 3.63) is 70.8 Å². The average Bonchev–Trinajstić information content (AvgIpc) is 2.97. The molecule has 3 aromatic rings. The van der Waals surface area contributed by atoms with Crippen molar-refractivity contribution in [3.8, 4) is 11.5 Å². The van der Waals surface area contributed by atoms with Crippen LogP contribution in [-0.2, 0) is 17.8 Å². The summed E-state index contributed by atoms with van der Waals surface area (Å²) in [7, 11) is 0. The van der Waals surface area contributed by atoms with Crippen LogP contribution in [0.1, 0.15) is 36.4 Å². The summed E-state index contributed by atoms with van der Waals surface area (Å²) >= 11 is 0. The molecule has 0 atom stereocenters. The third-order valence-corrected chi connectivity index (χ3v) is 4.84. The van der Waals surface area contributed by atoms with E-state index in [0.717, 1.165) is 16.8 Å². The van der Waals surface area contributed by atoms with E-state index in [1.54, 1.807) is 10.7 Å². The molecule has 0 saturated heterocycles. The molecule has 31 heavy (non-hydrogen) atoms. The van der Waals surface area contributed by atoms with E-state index in [1.165, 1.54) is 12.1 Å². The van der Waals surface area contributed by atoms with E-state index in [9.17, 15) is 9.18 Å². The number of aromatic nitrogens is 2. The zero-order valence-electron chi connectivity index (χ0n) is 18.4. The van der Waals surface area contributed by atoms with Gasteiger partial charge in [-0.3, -0.25) is 9.48 Å². The Morgan fingerprint density at radius 3 is 2.48 bits per heavy atom. The number of halogens is 1. The van der Waals surface area contributed by atoms with Gasteiger partial charge in [0.25, 0.3) is 0 Å². The van der Waals surface area contributed by atoms with Gasteiger partial charge in [-0.25, -0.2) is 4.39 Å². The van der Waals surface area contributed by atoms with Gasteiger partial charge in [-0.2, -0.15) is 5.10 Å². The van der Waals surface area contributed by atoms with Crippen LogP contribution in [0.5, 0.6) is 11.5 Å². The molecular formula is C24H28FN3O3. The summed E-state index contributed by atoms with van der Waals surface area (Å²) in [6.07, 6.45) is 0.195. The number of hydrogen-bond donors (Lipinski definition) is 1. The van der Waals surface area contributed by atoms with E-state index < -0.39 is 0 Å². The molecule has 0 aliphatic carbocycles. The number of aryl methyl sites for hydroxylation is 1. The number of anilines is 1. The van der Waals surface area contributed by atoms with Crippen LogP contribution >= 0.6 is 0 Å². The minimum atomic E-state index is -0.283. The van der Waals surface area contributed by atoms with E-state index in [4.69, 9.17) is 9.47 Å². The van der Waals surface area contributed by atoms with Gasteiger partial charge in [0.15, 0.2) is 11.5 Å². The van der Waals surface area contributed by atoms with Crippen molar-refractivity contribution >= 4 is 11.6 Å². The van der Waals surface area contributed by atoms with Gasteiger partial charge in [0.05, 0.1) is 43.3 Å². The Morgan fingerprint density at radius 2 is 1.77 bits per heavy atom. The van der Waals surface area contributed by atoms with Crippen LogP contribution in [0.3, 0.4) is 0 Å². The Hall–Kier alpha value is -3.35. The van der Waals surface area contributed by atoms with Crippen LogP contribution in [0.25, 0.3) is 0 Å². The largest absolute Gasteiger partial charge is 0.490 e. The number of nitrogens with zero attached hydrogens (tertiary/aromatic N) is 2. The van der Waals surface area contributed by atoms with Crippen molar-refractivity contribution in [2.45, 2.75) is 40.7 Å². The summed E-state index contributed by atoms with van der Waals surface area (Å²) in [6.45, 7) is 9.03. The lowest BCUT2D eigenvalue weighted by Crippen LogP contribution is -2.16. The van der Waals surface area contributed by atoms with Gasteiger partial charge in [-0.05, 0) is 63.1 Å². The van der Waals surface area contributed by atoms with Crippen molar-refractivity contribution in [1.82, 2.24) is 9.78 Å². The first-order valence-corrected chi connectivity index (χ1v) is 10.4. The summed E-state index contributed by atoms with van der Waals surface area (Å²) in [5, 5.41) is 7.48. The molecule has 1 aromatic heterocycles. The summed E-state index contributed by atoms with van der Waals surface area (Å²) in [6, 6.07) is 11.9. The maximum absolute atomic E-state index is 13.5. The van der Waals surface area contributed by atoms with Crippen molar-refractivity contribution in [3.63, 3.8) is 0 Å². The molecular weight excluding hydrogens is 397 g/mol. The van der Waals surface area contributed by atoms with E-state index >= 15 is 0 Å². The highest BCUT2D eigenvalue weighted by Gasteiger charge is 2.16. The molecule has 0 spiro atoms. The number of hydrogen-bond acceptors (Lipinski definition) is 4. The summed E-state index contributed by atoms with van der Waals surface area (Å²) in [4.78, 5) is 12.7. The second-order valence-electron chi connectivity index (χ2n) is 7.21. The second kappa shape index (κ2) is 10.1. The minimum absolute atomic E-state index is 0.150. The van der Waals surface area contributed by atoms with Gasteiger partial charge in [-0.15, -0.1) is 0 Å². The van der Waals surface area contributed by atoms with E-state index in [1.807, 2.05) is 52.0 Å². The zero-order chi connectivity index (χ0) is 22.4. The fourth-order valence-corrected chi connectivity index (χ4v) is 3.41. The van der Waals surface area contributed by atoms with Gasteiger partial charge in [-0.1, -0.05) is 18.2 Å². The first-order valence-electron chi connectivity index (χ1n) is 10.4. The number of amides is 1. The van der Waals surface area contributed by atoms with Crippen LogP contribution in [0.15, 0.2) is 42.5 Å². The van der Waals surface area contributed by atoms with Crippen LogP contribution in [0.2, 0.25) is 0 Å². The van der Waals surface area contributed by atoms with Crippen molar-refractivity contribution in [2.75, 3.05) is 18.5 Å². The highest BCUT2D eigenvalue weighted by molar-refractivity contribution is 5.93. The van der Waals surface area contributed by atoms with Gasteiger partial charge < -0.3 is 14.8 Å². The fourth-order valence-electron chi connectivity index (χ4n) is 3.41. The van der Waals surface area contributed by atoms with Crippen molar-refractivity contribution in [2.24, 2.45) is 0 Å². The molecule has 2 aromatic carbocycles. The Labute approximate surface area is 182 Å². The van der Waals surface area contributed by atoms with Gasteiger partial charge in [0.2, 0.25) is 5.91 Å². The Balaban J connectivity index is 1.72. The number of carbonyl (C=O) groups is 1. The number of ether oxygens (including phenoxy) is 2. The maximum Gasteiger partial charge on any atom is 0.228 e. The lowest BCUT2D eigenvalue weighted by molar-refractivity contribution is -0.115. The molecule has 0 saturated carbocycles. The SMILES string of the molecule is CCOc1ccc(CC(=O)Nc2c(C)nn(Cc3cccc(F)c3)c2C)cc1OCC. The maximum atomic E-state index is 13.5. The second-order valence-corrected chi connectivity index (χ2v) is 7.21. The Morgan fingerprint density at radius 1 is 1.03 bits per heavy atom. The minimum Gasteiger partial charge on any atom is -0.490 e. The predicted molar refractivity (Wildman–Crippen MR) is 118 cm³/mol. The van der Waals surface area contributed by atoms with E-state index in [2.05, 4.69) is 10.4 Å². The first kappa shape index (κ1) is 22.3. The summed E-state index contributed by atoms with van der Waals surface area (Å²) in [5.41, 5.74) is 3.84. The van der Waals surface area contributed by atoms with E-state index in [0.29, 0.717) is 42.6 Å².